The van der Waals surface area contributed by atoms with Gasteiger partial charge in [-0.2, -0.15) is 5.10 Å². The van der Waals surface area contributed by atoms with Gasteiger partial charge < -0.3 is 5.32 Å². The van der Waals surface area contributed by atoms with Crippen molar-refractivity contribution in [1.29, 1.82) is 0 Å². The molecule has 2 rings (SSSR count). The second kappa shape index (κ2) is 3.33. The van der Waals surface area contributed by atoms with Crippen molar-refractivity contribution in [3.63, 3.8) is 0 Å². The van der Waals surface area contributed by atoms with E-state index in [2.05, 4.69) is 20.4 Å². The highest BCUT2D eigenvalue weighted by atomic mass is 16.1. The fraction of sp³-hybridized carbons (Fsp3) is 0.125. The van der Waals surface area contributed by atoms with Gasteiger partial charge in [0, 0.05) is 25.4 Å². The highest BCUT2D eigenvalue weighted by Gasteiger charge is 1.99. The maximum atomic E-state index is 10.9. The minimum absolute atomic E-state index is 0.190. The Hall–Kier alpha value is -2.11. The zero-order valence-corrected chi connectivity index (χ0v) is 7.56. The molecule has 2 aromatic rings. The number of aromatic nitrogens is 4. The summed E-state index contributed by atoms with van der Waals surface area (Å²) in [6.07, 6.45) is 3.10. The monoisotopic (exact) mass is 191 g/mol. The van der Waals surface area contributed by atoms with E-state index < -0.39 is 0 Å². The van der Waals surface area contributed by atoms with Crippen LogP contribution >= 0.6 is 0 Å². The summed E-state index contributed by atoms with van der Waals surface area (Å²) in [5.74, 6) is 1.17. The molecule has 0 aliphatic rings. The lowest BCUT2D eigenvalue weighted by molar-refractivity contribution is 0.775. The fourth-order valence-corrected chi connectivity index (χ4v) is 1.05. The van der Waals surface area contributed by atoms with Crippen molar-refractivity contribution >= 4 is 11.8 Å². The molecule has 0 spiro atoms. The molecule has 0 unspecified atom stereocenters. The van der Waals surface area contributed by atoms with Crippen LogP contribution < -0.4 is 10.9 Å². The van der Waals surface area contributed by atoms with Crippen LogP contribution in [0, 0.1) is 0 Å². The molecule has 0 bridgehead atoms. The average molecular weight is 191 g/mol. The molecule has 6 heteroatoms. The number of nitrogens with one attached hydrogen (secondary N) is 2. The molecule has 2 aromatic heterocycles. The predicted molar refractivity (Wildman–Crippen MR) is 51.3 cm³/mol. The Bertz CT molecular complexity index is 486. The molecule has 0 fully saturated rings. The topological polar surface area (TPSA) is 75.6 Å². The molecule has 0 atom stereocenters. The zero-order valence-electron chi connectivity index (χ0n) is 7.56. The molecule has 0 aliphatic heterocycles. The molecule has 72 valence electrons. The first-order valence-corrected chi connectivity index (χ1v) is 4.06. The molecule has 0 radical (unpaired) electrons. The molecule has 0 aliphatic carbocycles. The highest BCUT2D eigenvalue weighted by molar-refractivity contribution is 5.46. The van der Waals surface area contributed by atoms with E-state index in [0.29, 0.717) is 5.95 Å². The van der Waals surface area contributed by atoms with Crippen LogP contribution in [0.1, 0.15) is 0 Å². The van der Waals surface area contributed by atoms with Gasteiger partial charge in [-0.25, -0.2) is 4.98 Å². The number of nitrogens with zero attached hydrogens (tertiary/aromatic N) is 3. The second-order valence-electron chi connectivity index (χ2n) is 2.75. The van der Waals surface area contributed by atoms with Gasteiger partial charge in [0.2, 0.25) is 5.95 Å². The van der Waals surface area contributed by atoms with Crippen molar-refractivity contribution in [3.05, 3.63) is 34.9 Å². The van der Waals surface area contributed by atoms with Gasteiger partial charge in [-0.15, -0.1) is 0 Å². The lowest BCUT2D eigenvalue weighted by atomic mass is 10.6. The molecule has 2 N–H and O–H groups in total. The fourth-order valence-electron chi connectivity index (χ4n) is 1.05. The summed E-state index contributed by atoms with van der Waals surface area (Å²) in [6.45, 7) is 0. The van der Waals surface area contributed by atoms with E-state index >= 15 is 0 Å². The Morgan fingerprint density at radius 1 is 1.43 bits per heavy atom. The Kier molecular flexibility index (Phi) is 2.02. The first kappa shape index (κ1) is 8.49. The Morgan fingerprint density at radius 3 is 2.93 bits per heavy atom. The van der Waals surface area contributed by atoms with Crippen LogP contribution in [0.4, 0.5) is 11.8 Å². The summed E-state index contributed by atoms with van der Waals surface area (Å²) in [6, 6.07) is 3.14. The number of aromatic amines is 1. The number of hydrogen-bond acceptors (Lipinski definition) is 4. The Labute approximate surface area is 79.6 Å². The van der Waals surface area contributed by atoms with E-state index in [-0.39, 0.29) is 5.56 Å². The van der Waals surface area contributed by atoms with E-state index in [9.17, 15) is 4.79 Å². The van der Waals surface area contributed by atoms with Gasteiger partial charge in [0.15, 0.2) is 0 Å². The summed E-state index contributed by atoms with van der Waals surface area (Å²) >= 11 is 0. The van der Waals surface area contributed by atoms with E-state index in [1.54, 1.807) is 24.0 Å². The van der Waals surface area contributed by atoms with E-state index in [0.717, 1.165) is 5.82 Å². The van der Waals surface area contributed by atoms with Crippen molar-refractivity contribution in [2.24, 2.45) is 7.05 Å². The van der Waals surface area contributed by atoms with E-state index in [1.807, 2.05) is 0 Å². The van der Waals surface area contributed by atoms with E-state index in [1.165, 1.54) is 12.3 Å². The van der Waals surface area contributed by atoms with Gasteiger partial charge in [0.25, 0.3) is 5.56 Å². The molecular formula is C8H9N5O. The maximum absolute atomic E-state index is 10.9. The lowest BCUT2D eigenvalue weighted by Gasteiger charge is -2.03. The average Bonchev–Trinajstić information content (AvgIpc) is 2.52. The molecule has 6 nitrogen and oxygen atoms in total. The van der Waals surface area contributed by atoms with Crippen molar-refractivity contribution in [2.75, 3.05) is 5.32 Å². The summed E-state index contributed by atoms with van der Waals surface area (Å²) in [5, 5.41) is 6.90. The van der Waals surface area contributed by atoms with Crippen molar-refractivity contribution in [1.82, 2.24) is 19.7 Å². The second-order valence-corrected chi connectivity index (χ2v) is 2.75. The number of anilines is 2. The minimum atomic E-state index is -0.190. The summed E-state index contributed by atoms with van der Waals surface area (Å²) in [4.78, 5) is 17.4. The van der Waals surface area contributed by atoms with Crippen LogP contribution in [0.2, 0.25) is 0 Å². The van der Waals surface area contributed by atoms with Gasteiger partial charge >= 0.3 is 0 Å². The van der Waals surface area contributed by atoms with E-state index in [4.69, 9.17) is 0 Å². The molecule has 0 saturated carbocycles. The third-order valence-electron chi connectivity index (χ3n) is 1.74. The van der Waals surface area contributed by atoms with Crippen LogP contribution in [0.15, 0.2) is 29.3 Å². The minimum Gasteiger partial charge on any atom is -0.311 e. The molecular weight excluding hydrogens is 182 g/mol. The van der Waals surface area contributed by atoms with Crippen LogP contribution in [0.25, 0.3) is 0 Å². The van der Waals surface area contributed by atoms with Crippen LogP contribution in [-0.2, 0) is 7.05 Å². The van der Waals surface area contributed by atoms with Crippen molar-refractivity contribution in [3.8, 4) is 0 Å². The number of H-pyrrole nitrogens is 1. The summed E-state index contributed by atoms with van der Waals surface area (Å²) < 4.78 is 1.65. The highest BCUT2D eigenvalue weighted by Crippen LogP contribution is 2.08. The molecule has 2 heterocycles. The number of aryl methyl sites for hydroxylation is 1. The molecule has 0 saturated heterocycles. The molecule has 14 heavy (non-hydrogen) atoms. The third-order valence-corrected chi connectivity index (χ3v) is 1.74. The quantitative estimate of drug-likeness (QED) is 0.713. The SMILES string of the molecule is Cn1nccc1Nc1nccc(=O)[nH]1. The van der Waals surface area contributed by atoms with Gasteiger partial charge in [-0.1, -0.05) is 0 Å². The first-order valence-electron chi connectivity index (χ1n) is 4.06. The maximum Gasteiger partial charge on any atom is 0.252 e. The van der Waals surface area contributed by atoms with Crippen LogP contribution in [0.3, 0.4) is 0 Å². The Balaban J connectivity index is 2.27. The van der Waals surface area contributed by atoms with Gasteiger partial charge in [0.05, 0.1) is 6.20 Å². The van der Waals surface area contributed by atoms with Gasteiger partial charge in [-0.05, 0) is 0 Å². The molecule has 0 aromatic carbocycles. The zero-order chi connectivity index (χ0) is 9.97. The Morgan fingerprint density at radius 2 is 2.29 bits per heavy atom. The molecule has 0 amide bonds. The third kappa shape index (κ3) is 1.63. The lowest BCUT2D eigenvalue weighted by Crippen LogP contribution is -2.09. The number of hydrogen-bond donors (Lipinski definition) is 2. The standard InChI is InChI=1S/C8H9N5O/c1-13-6(2-5-10-13)11-8-9-4-3-7(14)12-8/h2-5H,1H3,(H2,9,11,12,14). The number of rotatable bonds is 2. The first-order chi connectivity index (χ1) is 6.75. The van der Waals surface area contributed by atoms with Crippen LogP contribution in [-0.4, -0.2) is 19.7 Å². The normalized spacial score (nSPS) is 10.1. The summed E-state index contributed by atoms with van der Waals surface area (Å²) in [5.41, 5.74) is -0.190. The van der Waals surface area contributed by atoms with Gasteiger partial charge in [-0.3, -0.25) is 14.5 Å². The predicted octanol–water partition coefficient (Wildman–Crippen LogP) is 0.247. The van der Waals surface area contributed by atoms with Crippen LogP contribution in [0.5, 0.6) is 0 Å². The van der Waals surface area contributed by atoms with Crippen molar-refractivity contribution < 1.29 is 0 Å². The van der Waals surface area contributed by atoms with Crippen molar-refractivity contribution in [2.45, 2.75) is 0 Å². The summed E-state index contributed by atoms with van der Waals surface area (Å²) in [7, 11) is 1.80. The largest absolute Gasteiger partial charge is 0.311 e. The smallest absolute Gasteiger partial charge is 0.252 e. The van der Waals surface area contributed by atoms with Gasteiger partial charge in [0.1, 0.15) is 5.82 Å².